The predicted molar refractivity (Wildman–Crippen MR) is 90.8 cm³/mol. The molecule has 2 atom stereocenters. The zero-order chi connectivity index (χ0) is 16.1. The van der Waals surface area contributed by atoms with Crippen molar-refractivity contribution in [1.82, 2.24) is 10.2 Å². The smallest absolute Gasteiger partial charge is 0.125 e. The molecule has 2 N–H and O–H groups in total. The molecule has 1 aromatic rings. The van der Waals surface area contributed by atoms with Crippen LogP contribution in [0.15, 0.2) is 12.1 Å². The number of rotatable bonds is 6. The maximum atomic E-state index is 10.8. The molecule has 1 aliphatic rings. The monoisotopic (exact) mass is 326 g/mol. The first kappa shape index (κ1) is 17.5. The minimum absolute atomic E-state index is 0.121. The van der Waals surface area contributed by atoms with Gasteiger partial charge in [-0.1, -0.05) is 18.5 Å². The van der Waals surface area contributed by atoms with Gasteiger partial charge >= 0.3 is 0 Å². The second kappa shape index (κ2) is 8.16. The molecule has 0 aliphatic carbocycles. The van der Waals surface area contributed by atoms with Crippen molar-refractivity contribution in [3.63, 3.8) is 0 Å². The fourth-order valence-corrected chi connectivity index (χ4v) is 3.06. The zero-order valence-electron chi connectivity index (χ0n) is 13.7. The molecule has 0 aromatic heterocycles. The molecule has 0 radical (unpaired) electrons. The maximum Gasteiger partial charge on any atom is 0.125 e. The van der Waals surface area contributed by atoms with Crippen molar-refractivity contribution in [2.45, 2.75) is 26.9 Å². The minimum Gasteiger partial charge on any atom is -0.493 e. The SMILES string of the molecule is CCOc1cc(C)c(Cl)cc1C(O)C(C)CN1CCNCC1. The number of hydrogen-bond acceptors (Lipinski definition) is 4. The largest absolute Gasteiger partial charge is 0.493 e. The molecular weight excluding hydrogens is 300 g/mol. The van der Waals surface area contributed by atoms with E-state index in [-0.39, 0.29) is 5.92 Å². The number of benzene rings is 1. The lowest BCUT2D eigenvalue weighted by molar-refractivity contribution is 0.0816. The molecule has 1 fully saturated rings. The number of nitrogens with one attached hydrogen (secondary N) is 1. The fourth-order valence-electron chi connectivity index (χ4n) is 2.89. The van der Waals surface area contributed by atoms with E-state index in [4.69, 9.17) is 16.3 Å². The Morgan fingerprint density at radius 1 is 1.36 bits per heavy atom. The third-order valence-corrected chi connectivity index (χ3v) is 4.61. The highest BCUT2D eigenvalue weighted by molar-refractivity contribution is 6.31. The van der Waals surface area contributed by atoms with Gasteiger partial charge in [0, 0.05) is 43.3 Å². The summed E-state index contributed by atoms with van der Waals surface area (Å²) in [5, 5.41) is 14.8. The van der Waals surface area contributed by atoms with Gasteiger partial charge in [-0.15, -0.1) is 0 Å². The Kier molecular flexibility index (Phi) is 6.50. The molecule has 1 aromatic carbocycles. The van der Waals surface area contributed by atoms with Gasteiger partial charge in [0.1, 0.15) is 5.75 Å². The molecule has 1 heterocycles. The highest BCUT2D eigenvalue weighted by Gasteiger charge is 2.24. The van der Waals surface area contributed by atoms with Gasteiger partial charge in [-0.3, -0.25) is 0 Å². The lowest BCUT2D eigenvalue weighted by atomic mass is 9.95. The quantitative estimate of drug-likeness (QED) is 0.843. The molecular formula is C17H27ClN2O2. The van der Waals surface area contributed by atoms with Crippen LogP contribution < -0.4 is 10.1 Å². The Morgan fingerprint density at radius 3 is 2.68 bits per heavy atom. The number of aryl methyl sites for hydroxylation is 1. The van der Waals surface area contributed by atoms with Crippen molar-refractivity contribution in [2.24, 2.45) is 5.92 Å². The van der Waals surface area contributed by atoms with Crippen LogP contribution in [0, 0.1) is 12.8 Å². The van der Waals surface area contributed by atoms with Crippen LogP contribution in [0.5, 0.6) is 5.75 Å². The zero-order valence-corrected chi connectivity index (χ0v) is 14.5. The summed E-state index contributed by atoms with van der Waals surface area (Å²) in [5.41, 5.74) is 1.76. The number of halogens is 1. The van der Waals surface area contributed by atoms with E-state index < -0.39 is 6.10 Å². The first-order valence-corrected chi connectivity index (χ1v) is 8.44. The second-order valence-corrected chi connectivity index (χ2v) is 6.45. The van der Waals surface area contributed by atoms with Crippen LogP contribution in [0.2, 0.25) is 5.02 Å². The fraction of sp³-hybridized carbons (Fsp3) is 0.647. The summed E-state index contributed by atoms with van der Waals surface area (Å²) in [6.45, 7) is 11.5. The Balaban J connectivity index is 2.12. The summed E-state index contributed by atoms with van der Waals surface area (Å²) in [5.74, 6) is 0.861. The molecule has 0 amide bonds. The first-order chi connectivity index (χ1) is 10.5. The molecule has 0 saturated carbocycles. The van der Waals surface area contributed by atoms with E-state index in [1.54, 1.807) is 0 Å². The number of nitrogens with zero attached hydrogens (tertiary/aromatic N) is 1. The first-order valence-electron chi connectivity index (χ1n) is 8.07. The van der Waals surface area contributed by atoms with Gasteiger partial charge in [0.05, 0.1) is 12.7 Å². The van der Waals surface area contributed by atoms with Crippen LogP contribution in [0.25, 0.3) is 0 Å². The van der Waals surface area contributed by atoms with Gasteiger partial charge in [-0.2, -0.15) is 0 Å². The van der Waals surface area contributed by atoms with E-state index in [9.17, 15) is 5.11 Å². The molecule has 22 heavy (non-hydrogen) atoms. The summed E-state index contributed by atoms with van der Waals surface area (Å²) in [6, 6.07) is 3.77. The van der Waals surface area contributed by atoms with E-state index in [1.807, 2.05) is 26.0 Å². The van der Waals surface area contributed by atoms with Crippen LogP contribution in [0.3, 0.4) is 0 Å². The van der Waals surface area contributed by atoms with Crippen molar-refractivity contribution in [3.05, 3.63) is 28.3 Å². The van der Waals surface area contributed by atoms with Crippen LogP contribution >= 0.6 is 11.6 Å². The standard InChI is InChI=1S/C17H27ClN2O2/c1-4-22-16-9-12(2)15(18)10-14(16)17(21)13(3)11-20-7-5-19-6-8-20/h9-10,13,17,19,21H,4-8,11H2,1-3H3. The Hall–Kier alpha value is -0.810. The van der Waals surface area contributed by atoms with Crippen molar-refractivity contribution in [1.29, 1.82) is 0 Å². The lowest BCUT2D eigenvalue weighted by Crippen LogP contribution is -2.45. The Morgan fingerprint density at radius 2 is 2.05 bits per heavy atom. The van der Waals surface area contributed by atoms with E-state index in [0.29, 0.717) is 11.6 Å². The molecule has 2 unspecified atom stereocenters. The third kappa shape index (κ3) is 4.35. The average molecular weight is 327 g/mol. The van der Waals surface area contributed by atoms with Crippen molar-refractivity contribution in [3.8, 4) is 5.75 Å². The predicted octanol–water partition coefficient (Wildman–Crippen LogP) is 2.62. The van der Waals surface area contributed by atoms with Crippen molar-refractivity contribution < 1.29 is 9.84 Å². The number of aliphatic hydroxyl groups excluding tert-OH is 1. The van der Waals surface area contributed by atoms with Gasteiger partial charge in [0.25, 0.3) is 0 Å². The van der Waals surface area contributed by atoms with Crippen LogP contribution in [-0.4, -0.2) is 49.3 Å². The summed E-state index contributed by atoms with van der Waals surface area (Å²) in [6.07, 6.45) is -0.575. The third-order valence-electron chi connectivity index (χ3n) is 4.20. The Labute approximate surface area is 138 Å². The Bertz CT molecular complexity index is 490. The lowest BCUT2D eigenvalue weighted by Gasteiger charge is -2.31. The van der Waals surface area contributed by atoms with E-state index in [2.05, 4.69) is 17.1 Å². The molecule has 0 spiro atoms. The highest BCUT2D eigenvalue weighted by Crippen LogP contribution is 2.34. The van der Waals surface area contributed by atoms with Gasteiger partial charge in [0.2, 0.25) is 0 Å². The topological polar surface area (TPSA) is 44.7 Å². The minimum atomic E-state index is -0.575. The summed E-state index contributed by atoms with van der Waals surface area (Å²) < 4.78 is 5.69. The molecule has 4 nitrogen and oxygen atoms in total. The van der Waals surface area contributed by atoms with Gasteiger partial charge in [-0.05, 0) is 37.5 Å². The summed E-state index contributed by atoms with van der Waals surface area (Å²) >= 11 is 6.24. The van der Waals surface area contributed by atoms with Gasteiger partial charge < -0.3 is 20.1 Å². The van der Waals surface area contributed by atoms with Crippen LogP contribution in [0.1, 0.15) is 31.1 Å². The summed E-state index contributed by atoms with van der Waals surface area (Å²) in [4.78, 5) is 2.39. The van der Waals surface area contributed by atoms with Gasteiger partial charge in [0.15, 0.2) is 0 Å². The normalized spacial score (nSPS) is 19.0. The number of piperazine rings is 1. The molecule has 5 heteroatoms. The molecule has 1 saturated heterocycles. The second-order valence-electron chi connectivity index (χ2n) is 6.04. The van der Waals surface area contributed by atoms with Gasteiger partial charge in [-0.25, -0.2) is 0 Å². The van der Waals surface area contributed by atoms with Crippen LogP contribution in [-0.2, 0) is 0 Å². The molecule has 0 bridgehead atoms. The highest BCUT2D eigenvalue weighted by atomic mass is 35.5. The molecule has 1 aliphatic heterocycles. The van der Waals surface area contributed by atoms with E-state index in [1.165, 1.54) is 0 Å². The number of ether oxygens (including phenoxy) is 1. The van der Waals surface area contributed by atoms with Crippen molar-refractivity contribution >= 4 is 11.6 Å². The molecule has 2 rings (SSSR count). The van der Waals surface area contributed by atoms with E-state index >= 15 is 0 Å². The number of aliphatic hydroxyl groups is 1. The van der Waals surface area contributed by atoms with Crippen LogP contribution in [0.4, 0.5) is 0 Å². The average Bonchev–Trinajstić information content (AvgIpc) is 2.51. The summed E-state index contributed by atoms with van der Waals surface area (Å²) in [7, 11) is 0. The maximum absolute atomic E-state index is 10.8. The van der Waals surface area contributed by atoms with Crippen molar-refractivity contribution in [2.75, 3.05) is 39.3 Å². The number of hydrogen-bond donors (Lipinski definition) is 2. The molecule has 124 valence electrons. The van der Waals surface area contributed by atoms with E-state index in [0.717, 1.165) is 49.6 Å².